The third-order valence-corrected chi connectivity index (χ3v) is 3.42. The van der Waals surface area contributed by atoms with Crippen molar-refractivity contribution in [2.24, 2.45) is 11.3 Å². The Kier molecular flexibility index (Phi) is 5.45. The second kappa shape index (κ2) is 6.19. The minimum atomic E-state index is 0.244. The molecule has 0 aromatic heterocycles. The molecule has 1 unspecified atom stereocenters. The van der Waals surface area contributed by atoms with Crippen molar-refractivity contribution >= 4 is 27.5 Å². The minimum Gasteiger partial charge on any atom is -0.271 e. The zero-order valence-electron chi connectivity index (χ0n) is 10.6. The monoisotopic (exact) mass is 318 g/mol. The van der Waals surface area contributed by atoms with Crippen molar-refractivity contribution in [2.45, 2.75) is 39.7 Å². The fourth-order valence-corrected chi connectivity index (χ4v) is 2.63. The van der Waals surface area contributed by atoms with Crippen LogP contribution >= 0.6 is 27.5 Å². The lowest BCUT2D eigenvalue weighted by molar-refractivity contribution is 0.308. The third-order valence-electron chi connectivity index (χ3n) is 2.58. The maximum atomic E-state index is 6.20. The van der Waals surface area contributed by atoms with Gasteiger partial charge in [0, 0.05) is 15.5 Å². The Morgan fingerprint density at radius 2 is 2.06 bits per heavy atom. The number of nitrogens with two attached hydrogens (primary N) is 1. The fourth-order valence-electron chi connectivity index (χ4n) is 1.88. The van der Waals surface area contributed by atoms with Gasteiger partial charge in [-0.2, -0.15) is 0 Å². The average Bonchev–Trinajstić information content (AvgIpc) is 2.19. The molecule has 0 radical (unpaired) electrons. The van der Waals surface area contributed by atoms with E-state index in [0.29, 0.717) is 0 Å². The lowest BCUT2D eigenvalue weighted by atomic mass is 9.86. The molecule has 1 aromatic rings. The number of benzene rings is 1. The molecule has 3 N–H and O–H groups in total. The molecule has 17 heavy (non-hydrogen) atoms. The van der Waals surface area contributed by atoms with Gasteiger partial charge >= 0.3 is 0 Å². The summed E-state index contributed by atoms with van der Waals surface area (Å²) in [5.74, 6) is 5.61. The van der Waals surface area contributed by atoms with Crippen LogP contribution in [0.15, 0.2) is 22.7 Å². The second-order valence-corrected chi connectivity index (χ2v) is 6.89. The van der Waals surface area contributed by atoms with Gasteiger partial charge in [-0.15, -0.1) is 0 Å². The standard InChI is InChI=1S/C13H20BrClN2/c1-13(2,3)8-11(17-16)6-9-4-5-10(14)7-12(9)15/h4-5,7,11,17H,6,8,16H2,1-3H3. The molecule has 4 heteroatoms. The zero-order valence-corrected chi connectivity index (χ0v) is 12.9. The average molecular weight is 320 g/mol. The van der Waals surface area contributed by atoms with Crippen LogP contribution in [0, 0.1) is 5.41 Å². The summed E-state index contributed by atoms with van der Waals surface area (Å²) < 4.78 is 0.999. The third kappa shape index (κ3) is 5.38. The lowest BCUT2D eigenvalue weighted by Gasteiger charge is -2.25. The van der Waals surface area contributed by atoms with E-state index in [1.54, 1.807) is 0 Å². The van der Waals surface area contributed by atoms with Gasteiger partial charge in [-0.25, -0.2) is 0 Å². The van der Waals surface area contributed by atoms with Gasteiger partial charge in [0.15, 0.2) is 0 Å². The Balaban J connectivity index is 2.74. The highest BCUT2D eigenvalue weighted by molar-refractivity contribution is 9.10. The normalized spacial score (nSPS) is 13.8. The molecular formula is C13H20BrClN2. The highest BCUT2D eigenvalue weighted by atomic mass is 79.9. The molecule has 0 bridgehead atoms. The molecule has 1 rings (SSSR count). The molecule has 0 saturated carbocycles. The van der Waals surface area contributed by atoms with Crippen LogP contribution in [0.2, 0.25) is 5.02 Å². The number of hydrogen-bond acceptors (Lipinski definition) is 2. The fraction of sp³-hybridized carbons (Fsp3) is 0.538. The molecule has 96 valence electrons. The number of halogens is 2. The van der Waals surface area contributed by atoms with Gasteiger partial charge in [0.2, 0.25) is 0 Å². The van der Waals surface area contributed by atoms with Crippen LogP contribution in [0.5, 0.6) is 0 Å². The van der Waals surface area contributed by atoms with Crippen molar-refractivity contribution in [1.29, 1.82) is 0 Å². The van der Waals surface area contributed by atoms with Gasteiger partial charge in [0.05, 0.1) is 0 Å². The van der Waals surface area contributed by atoms with E-state index in [2.05, 4.69) is 42.1 Å². The zero-order chi connectivity index (χ0) is 13.1. The summed E-state index contributed by atoms with van der Waals surface area (Å²) in [5, 5.41) is 0.786. The Bertz CT molecular complexity index is 374. The van der Waals surface area contributed by atoms with Gasteiger partial charge in [0.1, 0.15) is 0 Å². The molecule has 0 aliphatic carbocycles. The Morgan fingerprint density at radius 3 is 2.53 bits per heavy atom. The summed E-state index contributed by atoms with van der Waals surface area (Å²) in [6.45, 7) is 6.63. The van der Waals surface area contributed by atoms with E-state index in [1.165, 1.54) is 0 Å². The maximum Gasteiger partial charge on any atom is 0.0449 e. The van der Waals surface area contributed by atoms with Crippen LogP contribution in [-0.4, -0.2) is 6.04 Å². The molecule has 0 fully saturated rings. The van der Waals surface area contributed by atoms with E-state index in [4.69, 9.17) is 17.4 Å². The minimum absolute atomic E-state index is 0.244. The van der Waals surface area contributed by atoms with Gasteiger partial charge in [-0.1, -0.05) is 54.4 Å². The molecule has 2 nitrogen and oxygen atoms in total. The highest BCUT2D eigenvalue weighted by Gasteiger charge is 2.18. The molecular weight excluding hydrogens is 300 g/mol. The summed E-state index contributed by atoms with van der Waals surface area (Å²) in [5.41, 5.74) is 4.25. The van der Waals surface area contributed by atoms with Gasteiger partial charge in [-0.05, 0) is 36.0 Å². The molecule has 1 aromatic carbocycles. The Hall–Kier alpha value is -0.0900. The Morgan fingerprint density at radius 1 is 1.41 bits per heavy atom. The van der Waals surface area contributed by atoms with Crippen molar-refractivity contribution in [3.05, 3.63) is 33.3 Å². The van der Waals surface area contributed by atoms with E-state index in [-0.39, 0.29) is 11.5 Å². The number of rotatable bonds is 4. The quantitative estimate of drug-likeness (QED) is 0.652. The summed E-state index contributed by atoms with van der Waals surface area (Å²) in [7, 11) is 0. The molecule has 0 spiro atoms. The maximum absolute atomic E-state index is 6.20. The van der Waals surface area contributed by atoms with Crippen molar-refractivity contribution in [2.75, 3.05) is 0 Å². The predicted molar refractivity (Wildman–Crippen MR) is 78.0 cm³/mol. The first-order valence-electron chi connectivity index (χ1n) is 5.72. The molecule has 0 heterocycles. The van der Waals surface area contributed by atoms with E-state index >= 15 is 0 Å². The highest BCUT2D eigenvalue weighted by Crippen LogP contribution is 2.26. The topological polar surface area (TPSA) is 38.0 Å². The lowest BCUT2D eigenvalue weighted by Crippen LogP contribution is -2.39. The summed E-state index contributed by atoms with van der Waals surface area (Å²) in [6.07, 6.45) is 1.86. The van der Waals surface area contributed by atoms with Crippen LogP contribution in [-0.2, 0) is 6.42 Å². The number of nitrogens with one attached hydrogen (secondary N) is 1. The van der Waals surface area contributed by atoms with Crippen molar-refractivity contribution < 1.29 is 0 Å². The van der Waals surface area contributed by atoms with Crippen molar-refractivity contribution in [3.63, 3.8) is 0 Å². The van der Waals surface area contributed by atoms with E-state index < -0.39 is 0 Å². The first-order chi connectivity index (χ1) is 7.81. The summed E-state index contributed by atoms with van der Waals surface area (Å²) in [4.78, 5) is 0. The van der Waals surface area contributed by atoms with E-state index in [1.807, 2.05) is 18.2 Å². The molecule has 0 aliphatic heterocycles. The van der Waals surface area contributed by atoms with E-state index in [9.17, 15) is 0 Å². The van der Waals surface area contributed by atoms with Gasteiger partial charge < -0.3 is 0 Å². The molecule has 0 amide bonds. The first-order valence-corrected chi connectivity index (χ1v) is 6.89. The number of hydrogen-bond donors (Lipinski definition) is 2. The van der Waals surface area contributed by atoms with Crippen LogP contribution in [0.25, 0.3) is 0 Å². The van der Waals surface area contributed by atoms with Crippen molar-refractivity contribution in [3.8, 4) is 0 Å². The molecule has 0 saturated heterocycles. The largest absolute Gasteiger partial charge is 0.271 e. The van der Waals surface area contributed by atoms with Gasteiger partial charge in [-0.3, -0.25) is 11.3 Å². The smallest absolute Gasteiger partial charge is 0.0449 e. The van der Waals surface area contributed by atoms with Crippen LogP contribution in [0.3, 0.4) is 0 Å². The van der Waals surface area contributed by atoms with E-state index in [0.717, 1.165) is 27.9 Å². The molecule has 1 atom stereocenters. The van der Waals surface area contributed by atoms with Crippen LogP contribution in [0.1, 0.15) is 32.8 Å². The number of hydrazine groups is 1. The second-order valence-electron chi connectivity index (χ2n) is 5.57. The van der Waals surface area contributed by atoms with Crippen LogP contribution < -0.4 is 11.3 Å². The van der Waals surface area contributed by atoms with Gasteiger partial charge in [0.25, 0.3) is 0 Å². The van der Waals surface area contributed by atoms with Crippen LogP contribution in [0.4, 0.5) is 0 Å². The Labute approximate surface area is 117 Å². The summed E-state index contributed by atoms with van der Waals surface area (Å²) >= 11 is 9.61. The molecule has 0 aliphatic rings. The summed E-state index contributed by atoms with van der Waals surface area (Å²) in [6, 6.07) is 6.21. The van der Waals surface area contributed by atoms with Crippen molar-refractivity contribution in [1.82, 2.24) is 5.43 Å². The predicted octanol–water partition coefficient (Wildman–Crippen LogP) is 3.91. The first kappa shape index (κ1) is 15.0. The SMILES string of the molecule is CC(C)(C)CC(Cc1ccc(Br)cc1Cl)NN.